The van der Waals surface area contributed by atoms with Crippen molar-refractivity contribution in [1.29, 1.82) is 0 Å². The molecule has 0 saturated carbocycles. The normalized spacial score (nSPS) is 55.0. The fourth-order valence-corrected chi connectivity index (χ4v) is 8.02. The molecule has 5 fully saturated rings. The average Bonchev–Trinajstić information content (AvgIpc) is 3.40. The van der Waals surface area contributed by atoms with Gasteiger partial charge in [-0.05, 0) is 45.1 Å². The Balaban J connectivity index is 1.39. The van der Waals surface area contributed by atoms with Crippen LogP contribution in [0.2, 0.25) is 0 Å². The Morgan fingerprint density at radius 1 is 1.38 bits per heavy atom. The van der Waals surface area contributed by atoms with Crippen molar-refractivity contribution in [3.8, 4) is 0 Å². The van der Waals surface area contributed by atoms with Gasteiger partial charge in [-0.15, -0.1) is 0 Å². The maximum Gasteiger partial charge on any atom is 0.338 e. The van der Waals surface area contributed by atoms with Crippen LogP contribution in [0.5, 0.6) is 0 Å². The Bertz CT molecular complexity index is 798. The van der Waals surface area contributed by atoms with Crippen LogP contribution in [0.25, 0.3) is 0 Å². The van der Waals surface area contributed by atoms with Crippen molar-refractivity contribution >= 4 is 5.97 Å². The minimum Gasteiger partial charge on any atom is -0.496 e. The summed E-state index contributed by atoms with van der Waals surface area (Å²) in [6.07, 6.45) is 2.59. The van der Waals surface area contributed by atoms with Gasteiger partial charge in [-0.25, -0.2) is 4.79 Å². The van der Waals surface area contributed by atoms with E-state index in [0.29, 0.717) is 17.4 Å². The first-order valence-electron chi connectivity index (χ1n) is 11.1. The standard InChI is InChI=1S/C22H31NO6/c1-5-12(24)9-21-14-6-7-23(21)13-8-15(21)28-22(14)16(13)10(2)18(29-22)19-17(26-4)11(3)20(25)27-19/h10,12-16,18-19,24H,5-9H2,1-4H3/t10-,12-,13-,14+,15+,16+,18-,19+,21-,22+/m0/s1. The predicted octanol–water partition coefficient (Wildman–Crippen LogP) is 1.59. The third kappa shape index (κ3) is 1.92. The molecule has 0 aromatic rings. The van der Waals surface area contributed by atoms with Gasteiger partial charge >= 0.3 is 5.97 Å². The molecule has 0 amide bonds. The van der Waals surface area contributed by atoms with Gasteiger partial charge in [-0.2, -0.15) is 0 Å². The summed E-state index contributed by atoms with van der Waals surface area (Å²) in [6, 6.07) is 0.407. The summed E-state index contributed by atoms with van der Waals surface area (Å²) in [5, 5.41) is 10.6. The molecule has 5 saturated heterocycles. The minimum absolute atomic E-state index is 0.104. The van der Waals surface area contributed by atoms with E-state index in [1.54, 1.807) is 14.0 Å². The van der Waals surface area contributed by atoms with Crippen molar-refractivity contribution in [2.24, 2.45) is 17.8 Å². The Morgan fingerprint density at radius 2 is 2.17 bits per heavy atom. The number of aliphatic hydroxyl groups excluding tert-OH is 1. The second kappa shape index (κ2) is 5.75. The van der Waals surface area contributed by atoms with E-state index in [4.69, 9.17) is 18.9 Å². The van der Waals surface area contributed by atoms with Crippen LogP contribution in [-0.4, -0.2) is 71.4 Å². The molecule has 6 aliphatic heterocycles. The number of aliphatic hydroxyl groups is 1. The molecule has 7 heteroatoms. The lowest BCUT2D eigenvalue weighted by Gasteiger charge is -2.49. The zero-order valence-corrected chi connectivity index (χ0v) is 17.6. The van der Waals surface area contributed by atoms with Gasteiger partial charge in [0.25, 0.3) is 0 Å². The molecule has 7 nitrogen and oxygen atoms in total. The number of rotatable bonds is 5. The number of ether oxygens (including phenoxy) is 4. The van der Waals surface area contributed by atoms with Crippen LogP contribution in [0.3, 0.4) is 0 Å². The van der Waals surface area contributed by atoms with E-state index in [1.165, 1.54) is 0 Å². The second-order valence-corrected chi connectivity index (χ2v) is 9.91. The van der Waals surface area contributed by atoms with Gasteiger partial charge in [0, 0.05) is 17.9 Å². The molecule has 1 N–H and O–H groups in total. The van der Waals surface area contributed by atoms with Gasteiger partial charge in [-0.3, -0.25) is 4.90 Å². The third-order valence-electron chi connectivity index (χ3n) is 9.03. The fourth-order valence-electron chi connectivity index (χ4n) is 8.02. The smallest absolute Gasteiger partial charge is 0.338 e. The number of esters is 1. The summed E-state index contributed by atoms with van der Waals surface area (Å²) < 4.78 is 24.8. The topological polar surface area (TPSA) is 77.5 Å². The maximum atomic E-state index is 12.2. The molecule has 160 valence electrons. The third-order valence-corrected chi connectivity index (χ3v) is 9.03. The highest BCUT2D eigenvalue weighted by atomic mass is 16.7. The van der Waals surface area contributed by atoms with Crippen molar-refractivity contribution in [2.75, 3.05) is 13.7 Å². The van der Waals surface area contributed by atoms with E-state index in [-0.39, 0.29) is 47.6 Å². The monoisotopic (exact) mass is 405 g/mol. The maximum absolute atomic E-state index is 12.2. The van der Waals surface area contributed by atoms with Crippen molar-refractivity contribution in [1.82, 2.24) is 4.90 Å². The first-order valence-corrected chi connectivity index (χ1v) is 11.1. The lowest BCUT2D eigenvalue weighted by Crippen LogP contribution is -2.61. The lowest BCUT2D eigenvalue weighted by atomic mass is 9.69. The molecule has 11 atom stereocenters. The van der Waals surface area contributed by atoms with E-state index >= 15 is 0 Å². The minimum atomic E-state index is -0.625. The van der Waals surface area contributed by atoms with Crippen LogP contribution < -0.4 is 0 Å². The van der Waals surface area contributed by atoms with Gasteiger partial charge in [0.15, 0.2) is 11.9 Å². The number of carbonyl (C=O) groups is 1. The number of methoxy groups -OCH3 is 1. The van der Waals surface area contributed by atoms with Crippen LogP contribution in [-0.2, 0) is 23.7 Å². The SMILES string of the molecule is CC[C@H](O)C[C@@]12[C@H]3C[C@H]4[C@H]5[C@H](C)[C@@H]([C@@H]6OC(=O)C(C)=C6OC)O[C@]5(O3)[C@@H]1CCN42. The molecular weight excluding hydrogens is 374 g/mol. The summed E-state index contributed by atoms with van der Waals surface area (Å²) in [7, 11) is 1.59. The van der Waals surface area contributed by atoms with Crippen molar-refractivity contribution in [2.45, 2.75) is 88.2 Å². The number of cyclic esters (lactones) is 1. The summed E-state index contributed by atoms with van der Waals surface area (Å²) in [6.45, 7) is 7.06. The van der Waals surface area contributed by atoms with E-state index in [9.17, 15) is 9.90 Å². The second-order valence-electron chi connectivity index (χ2n) is 9.91. The molecule has 0 aromatic heterocycles. The van der Waals surface area contributed by atoms with Crippen LogP contribution >= 0.6 is 0 Å². The van der Waals surface area contributed by atoms with Crippen LogP contribution in [0, 0.1) is 17.8 Å². The van der Waals surface area contributed by atoms with Gasteiger partial charge < -0.3 is 24.1 Å². The van der Waals surface area contributed by atoms with Crippen molar-refractivity contribution in [3.63, 3.8) is 0 Å². The zero-order chi connectivity index (χ0) is 20.3. The summed E-state index contributed by atoms with van der Waals surface area (Å²) >= 11 is 0. The number of hydrogen-bond acceptors (Lipinski definition) is 7. The van der Waals surface area contributed by atoms with E-state index in [0.717, 1.165) is 32.2 Å². The van der Waals surface area contributed by atoms with E-state index in [1.807, 2.05) is 6.92 Å². The molecule has 1 spiro atoms. The lowest BCUT2D eigenvalue weighted by molar-refractivity contribution is -0.280. The number of nitrogens with zero attached hydrogens (tertiary/aromatic N) is 1. The van der Waals surface area contributed by atoms with Crippen molar-refractivity contribution in [3.05, 3.63) is 11.3 Å². The molecule has 5 bridgehead atoms. The Kier molecular flexibility index (Phi) is 3.69. The molecule has 0 radical (unpaired) electrons. The number of piperidine rings is 1. The Hall–Kier alpha value is -1.15. The van der Waals surface area contributed by atoms with Crippen LogP contribution in [0.1, 0.15) is 46.5 Å². The Labute approximate surface area is 171 Å². The van der Waals surface area contributed by atoms with E-state index in [2.05, 4.69) is 11.8 Å². The number of carbonyl (C=O) groups excluding carboxylic acids is 1. The first-order chi connectivity index (χ1) is 13.9. The van der Waals surface area contributed by atoms with Crippen molar-refractivity contribution < 1.29 is 28.8 Å². The summed E-state index contributed by atoms with van der Waals surface area (Å²) in [5.74, 6) is 0.335. The zero-order valence-electron chi connectivity index (χ0n) is 17.6. The fraction of sp³-hybridized carbons (Fsp3) is 0.864. The number of hydrogen-bond donors (Lipinski definition) is 1. The Morgan fingerprint density at radius 3 is 2.90 bits per heavy atom. The molecule has 6 rings (SSSR count). The molecule has 6 heterocycles. The largest absolute Gasteiger partial charge is 0.496 e. The van der Waals surface area contributed by atoms with Crippen LogP contribution in [0.15, 0.2) is 11.3 Å². The molecule has 29 heavy (non-hydrogen) atoms. The van der Waals surface area contributed by atoms with E-state index < -0.39 is 11.9 Å². The highest BCUT2D eigenvalue weighted by Gasteiger charge is 2.84. The average molecular weight is 405 g/mol. The highest BCUT2D eigenvalue weighted by Crippen LogP contribution is 2.72. The highest BCUT2D eigenvalue weighted by molar-refractivity contribution is 5.91. The quantitative estimate of drug-likeness (QED) is 0.696. The molecular formula is C22H31NO6. The first kappa shape index (κ1) is 18.6. The van der Waals surface area contributed by atoms with Gasteiger partial charge in [0.2, 0.25) is 0 Å². The van der Waals surface area contributed by atoms with Gasteiger partial charge in [0.05, 0.1) is 30.4 Å². The predicted molar refractivity (Wildman–Crippen MR) is 102 cm³/mol. The summed E-state index contributed by atoms with van der Waals surface area (Å²) in [4.78, 5) is 14.9. The number of fused-ring (bicyclic) bond motifs is 1. The summed E-state index contributed by atoms with van der Waals surface area (Å²) in [5.41, 5.74) is 0.427. The van der Waals surface area contributed by atoms with Gasteiger partial charge in [0.1, 0.15) is 11.9 Å². The molecule has 0 aromatic carbocycles. The van der Waals surface area contributed by atoms with Gasteiger partial charge in [-0.1, -0.05) is 13.8 Å². The molecule has 1 unspecified atom stereocenters. The molecule has 6 aliphatic rings. The van der Waals surface area contributed by atoms with Crippen LogP contribution in [0.4, 0.5) is 0 Å². The molecule has 0 aliphatic carbocycles.